The molecule has 0 radical (unpaired) electrons. The Labute approximate surface area is 211 Å². The summed E-state index contributed by atoms with van der Waals surface area (Å²) in [4.78, 5) is 13.3. The van der Waals surface area contributed by atoms with E-state index in [1.165, 1.54) is 5.01 Å². The highest BCUT2D eigenvalue weighted by Gasteiger charge is 2.29. The highest BCUT2D eigenvalue weighted by molar-refractivity contribution is 6.32. The second-order valence-corrected chi connectivity index (χ2v) is 8.64. The zero-order chi connectivity index (χ0) is 24.9. The number of benzene rings is 3. The van der Waals surface area contributed by atoms with Gasteiger partial charge in [0.05, 0.1) is 35.0 Å². The average molecular weight is 477 g/mol. The van der Waals surface area contributed by atoms with Gasteiger partial charge in [0.15, 0.2) is 0 Å². The minimum Gasteiger partial charge on any atom is -0.494 e. The second kappa shape index (κ2) is 10.4. The first kappa shape index (κ1) is 23.3. The van der Waals surface area contributed by atoms with Gasteiger partial charge in [-0.1, -0.05) is 49.7 Å². The van der Waals surface area contributed by atoms with E-state index in [4.69, 9.17) is 9.84 Å². The van der Waals surface area contributed by atoms with Crippen LogP contribution < -0.4 is 9.75 Å². The zero-order valence-electron chi connectivity index (χ0n) is 20.5. The molecule has 0 fully saturated rings. The predicted molar refractivity (Wildman–Crippen MR) is 144 cm³/mol. The van der Waals surface area contributed by atoms with Gasteiger partial charge < -0.3 is 4.74 Å². The van der Waals surface area contributed by atoms with Crippen LogP contribution in [0.25, 0.3) is 23.0 Å². The van der Waals surface area contributed by atoms with Gasteiger partial charge in [-0.05, 0) is 68.0 Å². The van der Waals surface area contributed by atoms with Crippen LogP contribution in [0.2, 0.25) is 0 Å². The van der Waals surface area contributed by atoms with Crippen molar-refractivity contribution in [1.82, 2.24) is 9.78 Å². The molecule has 0 saturated carbocycles. The van der Waals surface area contributed by atoms with E-state index in [9.17, 15) is 4.79 Å². The van der Waals surface area contributed by atoms with Gasteiger partial charge >= 0.3 is 0 Å². The molecule has 0 unspecified atom stereocenters. The lowest BCUT2D eigenvalue weighted by Crippen LogP contribution is -2.21. The van der Waals surface area contributed by atoms with Crippen LogP contribution in [0.4, 0.5) is 5.69 Å². The van der Waals surface area contributed by atoms with Crippen LogP contribution in [0.3, 0.4) is 0 Å². The van der Waals surface area contributed by atoms with Crippen LogP contribution in [0, 0.1) is 0 Å². The molecule has 0 spiro atoms. The minimum atomic E-state index is -0.156. The van der Waals surface area contributed by atoms with E-state index in [1.54, 1.807) is 0 Å². The number of unbranched alkanes of at least 4 members (excludes halogenated alkanes) is 1. The molecule has 0 bridgehead atoms. The number of ether oxygens (including phenoxy) is 1. The Morgan fingerprint density at radius 2 is 1.56 bits per heavy atom. The first-order chi connectivity index (χ1) is 17.6. The highest BCUT2D eigenvalue weighted by atomic mass is 16.5. The summed E-state index contributed by atoms with van der Waals surface area (Å²) in [5.41, 5.74) is 5.46. The van der Waals surface area contributed by atoms with Gasteiger partial charge in [-0.2, -0.15) is 15.2 Å². The van der Waals surface area contributed by atoms with Crippen molar-refractivity contribution < 1.29 is 9.53 Å². The topological polar surface area (TPSA) is 59.7 Å². The van der Waals surface area contributed by atoms with Crippen LogP contribution in [-0.2, 0) is 4.79 Å². The van der Waals surface area contributed by atoms with Gasteiger partial charge in [-0.25, -0.2) is 4.68 Å². The van der Waals surface area contributed by atoms with E-state index in [0.29, 0.717) is 17.9 Å². The molecule has 180 valence electrons. The monoisotopic (exact) mass is 476 g/mol. The Morgan fingerprint density at radius 3 is 2.22 bits per heavy atom. The molecule has 3 aromatic carbocycles. The Hall–Kier alpha value is -4.45. The molecule has 5 rings (SSSR count). The van der Waals surface area contributed by atoms with Gasteiger partial charge in [-0.3, -0.25) is 4.79 Å². The summed E-state index contributed by atoms with van der Waals surface area (Å²) in [6.45, 7) is 4.71. The van der Waals surface area contributed by atoms with E-state index in [1.807, 2.05) is 109 Å². The van der Waals surface area contributed by atoms with E-state index in [2.05, 4.69) is 12.0 Å². The number of para-hydroxylation sites is 2. The molecule has 0 N–H and O–H groups in total. The number of rotatable bonds is 8. The molecule has 6 nitrogen and oxygen atoms in total. The number of hydrogen-bond acceptors (Lipinski definition) is 4. The number of nitrogens with zero attached hydrogens (tertiary/aromatic N) is 4. The normalized spacial score (nSPS) is 14.4. The summed E-state index contributed by atoms with van der Waals surface area (Å²) in [6, 6.07) is 27.3. The molecular formula is C30H28N4O2. The fourth-order valence-electron chi connectivity index (χ4n) is 4.06. The van der Waals surface area contributed by atoms with Crippen LogP contribution in [0.1, 0.15) is 32.3 Å². The third-order valence-corrected chi connectivity index (χ3v) is 6.02. The molecular weight excluding hydrogens is 448 g/mol. The minimum absolute atomic E-state index is 0.156. The molecule has 1 amide bonds. The Kier molecular flexibility index (Phi) is 6.76. The number of hydrazone groups is 1. The predicted octanol–water partition coefficient (Wildman–Crippen LogP) is 6.52. The largest absolute Gasteiger partial charge is 0.494 e. The van der Waals surface area contributed by atoms with Gasteiger partial charge in [0.25, 0.3) is 5.91 Å². The summed E-state index contributed by atoms with van der Waals surface area (Å²) < 4.78 is 7.67. The van der Waals surface area contributed by atoms with Crippen LogP contribution in [0.15, 0.2) is 102 Å². The van der Waals surface area contributed by atoms with Crippen molar-refractivity contribution in [2.75, 3.05) is 11.6 Å². The quantitative estimate of drug-likeness (QED) is 0.215. The standard InChI is InChI=1S/C30H28N4O2/c1-3-4-19-36-27-17-15-23(16-18-27)29-24(21-33(32-29)25-11-7-5-8-12-25)20-28-22(2)31-34(30(28)35)26-13-9-6-10-14-26/h5-18,20-21H,3-4,19H2,1-2H3/b28-20+. The molecule has 1 aliphatic heterocycles. The first-order valence-electron chi connectivity index (χ1n) is 12.2. The van der Waals surface area contributed by atoms with Crippen molar-refractivity contribution in [1.29, 1.82) is 0 Å². The number of hydrogen-bond donors (Lipinski definition) is 0. The maximum absolute atomic E-state index is 13.3. The summed E-state index contributed by atoms with van der Waals surface area (Å²) in [5, 5.41) is 10.9. The van der Waals surface area contributed by atoms with Crippen molar-refractivity contribution in [3.05, 3.63) is 102 Å². The fraction of sp³-hybridized carbons (Fsp3) is 0.167. The lowest BCUT2D eigenvalue weighted by atomic mass is 10.0. The van der Waals surface area contributed by atoms with Crippen molar-refractivity contribution in [3.63, 3.8) is 0 Å². The molecule has 0 atom stereocenters. The molecule has 2 heterocycles. The van der Waals surface area contributed by atoms with E-state index in [0.717, 1.165) is 46.8 Å². The molecule has 4 aromatic rings. The maximum Gasteiger partial charge on any atom is 0.280 e. The molecule has 0 saturated heterocycles. The molecule has 1 aliphatic rings. The van der Waals surface area contributed by atoms with Crippen LogP contribution >= 0.6 is 0 Å². The molecule has 1 aromatic heterocycles. The molecule has 6 heteroatoms. The molecule has 0 aliphatic carbocycles. The maximum atomic E-state index is 13.3. The summed E-state index contributed by atoms with van der Waals surface area (Å²) in [5.74, 6) is 0.679. The average Bonchev–Trinajstić information content (AvgIpc) is 3.47. The zero-order valence-corrected chi connectivity index (χ0v) is 20.5. The Balaban J connectivity index is 1.52. The number of carbonyl (C=O) groups is 1. The first-order valence-corrected chi connectivity index (χ1v) is 12.2. The van der Waals surface area contributed by atoms with Gasteiger partial charge in [0.1, 0.15) is 5.75 Å². The number of aromatic nitrogens is 2. The van der Waals surface area contributed by atoms with Crippen molar-refractivity contribution in [3.8, 4) is 22.7 Å². The van der Waals surface area contributed by atoms with Crippen molar-refractivity contribution in [2.45, 2.75) is 26.7 Å². The Bertz CT molecular complexity index is 1400. The molecule has 36 heavy (non-hydrogen) atoms. The number of anilines is 1. The number of carbonyl (C=O) groups excluding carboxylic acids is 1. The summed E-state index contributed by atoms with van der Waals surface area (Å²) in [6.07, 6.45) is 5.96. The highest BCUT2D eigenvalue weighted by Crippen LogP contribution is 2.30. The second-order valence-electron chi connectivity index (χ2n) is 8.64. The lowest BCUT2D eigenvalue weighted by molar-refractivity contribution is -0.114. The SMILES string of the molecule is CCCCOc1ccc(-c2nn(-c3ccccc3)cc2/C=C2/C(=O)N(c3ccccc3)N=C2C)cc1. The van der Waals surface area contributed by atoms with Crippen molar-refractivity contribution in [2.24, 2.45) is 5.10 Å². The third kappa shape index (κ3) is 4.84. The van der Waals surface area contributed by atoms with E-state index in [-0.39, 0.29) is 5.91 Å². The van der Waals surface area contributed by atoms with E-state index >= 15 is 0 Å². The van der Waals surface area contributed by atoms with Crippen molar-refractivity contribution >= 4 is 23.4 Å². The van der Waals surface area contributed by atoms with Gasteiger partial charge in [-0.15, -0.1) is 0 Å². The van der Waals surface area contributed by atoms with Gasteiger partial charge in [0.2, 0.25) is 0 Å². The van der Waals surface area contributed by atoms with E-state index < -0.39 is 0 Å². The Morgan fingerprint density at radius 1 is 0.889 bits per heavy atom. The van der Waals surface area contributed by atoms with Crippen LogP contribution in [0.5, 0.6) is 5.75 Å². The number of amides is 1. The lowest BCUT2D eigenvalue weighted by Gasteiger charge is -2.11. The third-order valence-electron chi connectivity index (χ3n) is 6.02. The summed E-state index contributed by atoms with van der Waals surface area (Å²) in [7, 11) is 0. The smallest absolute Gasteiger partial charge is 0.280 e. The fourth-order valence-corrected chi connectivity index (χ4v) is 4.06. The van der Waals surface area contributed by atoms with Crippen LogP contribution in [-0.4, -0.2) is 28.0 Å². The summed E-state index contributed by atoms with van der Waals surface area (Å²) >= 11 is 0. The van der Waals surface area contributed by atoms with Gasteiger partial charge in [0, 0.05) is 17.3 Å².